The number of nitrogens with one attached hydrogen (secondary N) is 1. The van der Waals surface area contributed by atoms with Crippen LogP contribution in [0.4, 0.5) is 0 Å². The van der Waals surface area contributed by atoms with E-state index in [1.54, 1.807) is 13.1 Å². The number of amides is 1. The van der Waals surface area contributed by atoms with Gasteiger partial charge in [0.2, 0.25) is 5.91 Å². The van der Waals surface area contributed by atoms with Crippen molar-refractivity contribution < 1.29 is 15.0 Å². The lowest BCUT2D eigenvalue weighted by atomic mass is 9.73. The summed E-state index contributed by atoms with van der Waals surface area (Å²) in [6.45, 7) is 4.33. The monoisotopic (exact) mass is 381 g/mol. The van der Waals surface area contributed by atoms with Crippen molar-refractivity contribution in [2.45, 2.75) is 45.9 Å². The van der Waals surface area contributed by atoms with Crippen molar-refractivity contribution in [2.24, 2.45) is 5.41 Å². The van der Waals surface area contributed by atoms with Crippen molar-refractivity contribution >= 4 is 5.91 Å². The highest BCUT2D eigenvalue weighted by Crippen LogP contribution is 2.39. The Balaban J connectivity index is 1.51. The number of nitrogens with zero attached hydrogens (tertiary/aromatic N) is 2. The Hall–Kier alpha value is -2.44. The van der Waals surface area contributed by atoms with Crippen LogP contribution in [0.2, 0.25) is 0 Å². The molecule has 1 aromatic heterocycles. The number of hydrogen-bond acceptors (Lipinski definition) is 5. The number of pyridine rings is 1. The molecule has 0 unspecified atom stereocenters. The van der Waals surface area contributed by atoms with E-state index in [-0.39, 0.29) is 23.7 Å². The number of benzene rings is 1. The van der Waals surface area contributed by atoms with E-state index in [0.29, 0.717) is 24.3 Å². The van der Waals surface area contributed by atoms with E-state index in [1.807, 2.05) is 12.1 Å². The number of fused-ring (bicyclic) bond motifs is 1. The van der Waals surface area contributed by atoms with Gasteiger partial charge in [-0.05, 0) is 50.4 Å². The highest BCUT2D eigenvalue weighted by atomic mass is 16.3. The standard InChI is InChI=1S/C22H27N3O3/c1-15-20(27)19(18(14-26)12-23-15)13-25-8-6-22(7-9-25)10-16-4-2-3-5-17(16)11-24-21(22)28/h2-5,12,26-27H,6-11,13-14H2,1H3,(H,24,28). The lowest BCUT2D eigenvalue weighted by molar-refractivity contribution is -0.133. The predicted molar refractivity (Wildman–Crippen MR) is 105 cm³/mol. The van der Waals surface area contributed by atoms with Crippen LogP contribution >= 0.6 is 0 Å². The molecule has 1 aromatic carbocycles. The Labute approximate surface area is 165 Å². The van der Waals surface area contributed by atoms with Crippen LogP contribution in [-0.2, 0) is 30.9 Å². The number of hydrogen-bond donors (Lipinski definition) is 3. The summed E-state index contributed by atoms with van der Waals surface area (Å²) in [6.07, 6.45) is 3.98. The predicted octanol–water partition coefficient (Wildman–Crippen LogP) is 2.04. The summed E-state index contributed by atoms with van der Waals surface area (Å²) in [4.78, 5) is 19.3. The molecule has 0 radical (unpaired) electrons. The third-order valence-electron chi connectivity index (χ3n) is 6.36. The Morgan fingerprint density at radius 2 is 1.93 bits per heavy atom. The Bertz CT molecular complexity index is 889. The minimum Gasteiger partial charge on any atom is -0.506 e. The van der Waals surface area contributed by atoms with Gasteiger partial charge in [-0.15, -0.1) is 0 Å². The molecule has 28 heavy (non-hydrogen) atoms. The molecular weight excluding hydrogens is 354 g/mol. The van der Waals surface area contributed by atoms with Gasteiger partial charge in [0.05, 0.1) is 17.7 Å². The molecule has 1 saturated heterocycles. The fraction of sp³-hybridized carbons (Fsp3) is 0.455. The fourth-order valence-corrected chi connectivity index (χ4v) is 4.47. The van der Waals surface area contributed by atoms with E-state index in [9.17, 15) is 15.0 Å². The zero-order valence-electron chi connectivity index (χ0n) is 16.2. The largest absolute Gasteiger partial charge is 0.506 e. The molecule has 2 aromatic rings. The van der Waals surface area contributed by atoms with E-state index >= 15 is 0 Å². The zero-order chi connectivity index (χ0) is 19.7. The maximum atomic E-state index is 12.9. The molecule has 6 nitrogen and oxygen atoms in total. The van der Waals surface area contributed by atoms with Crippen LogP contribution in [0.1, 0.15) is 40.8 Å². The van der Waals surface area contributed by atoms with Gasteiger partial charge in [0.1, 0.15) is 5.75 Å². The number of rotatable bonds is 3. The molecule has 0 aliphatic carbocycles. The summed E-state index contributed by atoms with van der Waals surface area (Å²) >= 11 is 0. The molecule has 3 N–H and O–H groups in total. The minimum absolute atomic E-state index is 0.146. The molecule has 1 fully saturated rings. The van der Waals surface area contributed by atoms with Gasteiger partial charge in [0.15, 0.2) is 0 Å². The van der Waals surface area contributed by atoms with Gasteiger partial charge in [-0.1, -0.05) is 24.3 Å². The Kier molecular flexibility index (Phi) is 5.08. The maximum absolute atomic E-state index is 12.9. The number of piperidine rings is 1. The smallest absolute Gasteiger partial charge is 0.226 e. The molecule has 1 amide bonds. The summed E-state index contributed by atoms with van der Waals surface area (Å²) in [6, 6.07) is 8.29. The van der Waals surface area contributed by atoms with E-state index in [4.69, 9.17) is 0 Å². The zero-order valence-corrected chi connectivity index (χ0v) is 16.2. The van der Waals surface area contributed by atoms with Gasteiger partial charge in [-0.2, -0.15) is 0 Å². The molecule has 4 rings (SSSR count). The van der Waals surface area contributed by atoms with Crippen molar-refractivity contribution in [1.29, 1.82) is 0 Å². The molecule has 2 aliphatic rings. The number of aryl methyl sites for hydroxylation is 1. The number of carbonyl (C=O) groups excluding carboxylic acids is 1. The third kappa shape index (κ3) is 3.38. The maximum Gasteiger partial charge on any atom is 0.226 e. The number of aromatic hydroxyl groups is 1. The van der Waals surface area contributed by atoms with Gasteiger partial charge < -0.3 is 15.5 Å². The number of aliphatic hydroxyl groups is 1. The molecular formula is C22H27N3O3. The van der Waals surface area contributed by atoms with Crippen LogP contribution in [0.3, 0.4) is 0 Å². The first-order chi connectivity index (χ1) is 13.5. The third-order valence-corrected chi connectivity index (χ3v) is 6.36. The van der Waals surface area contributed by atoms with Crippen LogP contribution in [0.25, 0.3) is 0 Å². The number of aliphatic hydroxyl groups excluding tert-OH is 1. The molecule has 6 heteroatoms. The van der Waals surface area contributed by atoms with E-state index in [0.717, 1.165) is 37.9 Å². The van der Waals surface area contributed by atoms with Gasteiger partial charge in [-0.25, -0.2) is 0 Å². The lowest BCUT2D eigenvalue weighted by Crippen LogP contribution is -2.48. The highest BCUT2D eigenvalue weighted by Gasteiger charge is 2.43. The summed E-state index contributed by atoms with van der Waals surface area (Å²) in [5, 5.41) is 23.1. The first kappa shape index (κ1) is 18.9. The SMILES string of the molecule is Cc1ncc(CO)c(CN2CCC3(CC2)Cc2ccccc2CNC3=O)c1O. The minimum atomic E-state index is -0.362. The van der Waals surface area contributed by atoms with Crippen LogP contribution in [0.5, 0.6) is 5.75 Å². The normalized spacial score (nSPS) is 19.1. The molecule has 3 heterocycles. The topological polar surface area (TPSA) is 85.7 Å². The summed E-state index contributed by atoms with van der Waals surface area (Å²) in [7, 11) is 0. The van der Waals surface area contributed by atoms with Crippen molar-refractivity contribution in [1.82, 2.24) is 15.2 Å². The molecule has 0 saturated carbocycles. The second kappa shape index (κ2) is 7.53. The van der Waals surface area contributed by atoms with Crippen molar-refractivity contribution in [3.63, 3.8) is 0 Å². The second-order valence-corrected chi connectivity index (χ2v) is 8.04. The van der Waals surface area contributed by atoms with Gasteiger partial charge in [-0.3, -0.25) is 14.7 Å². The van der Waals surface area contributed by atoms with Gasteiger partial charge >= 0.3 is 0 Å². The molecule has 1 spiro atoms. The number of carbonyl (C=O) groups is 1. The summed E-state index contributed by atoms with van der Waals surface area (Å²) in [5.74, 6) is 0.315. The molecule has 0 atom stereocenters. The Morgan fingerprint density at radius 3 is 2.64 bits per heavy atom. The number of aromatic nitrogens is 1. The van der Waals surface area contributed by atoms with Gasteiger partial charge in [0, 0.05) is 30.4 Å². The van der Waals surface area contributed by atoms with E-state index in [2.05, 4.69) is 27.3 Å². The van der Waals surface area contributed by atoms with Crippen LogP contribution < -0.4 is 5.32 Å². The van der Waals surface area contributed by atoms with Crippen molar-refractivity contribution in [3.05, 3.63) is 58.4 Å². The average molecular weight is 381 g/mol. The first-order valence-corrected chi connectivity index (χ1v) is 9.87. The lowest BCUT2D eigenvalue weighted by Gasteiger charge is -2.40. The highest BCUT2D eigenvalue weighted by molar-refractivity contribution is 5.83. The Morgan fingerprint density at radius 1 is 1.21 bits per heavy atom. The first-order valence-electron chi connectivity index (χ1n) is 9.87. The second-order valence-electron chi connectivity index (χ2n) is 8.04. The van der Waals surface area contributed by atoms with E-state index < -0.39 is 0 Å². The average Bonchev–Trinajstić information content (AvgIpc) is 2.84. The molecule has 2 aliphatic heterocycles. The van der Waals surface area contributed by atoms with Crippen molar-refractivity contribution in [3.8, 4) is 5.75 Å². The van der Waals surface area contributed by atoms with Gasteiger partial charge in [0.25, 0.3) is 0 Å². The quantitative estimate of drug-likeness (QED) is 0.758. The number of likely N-dealkylation sites (tertiary alicyclic amines) is 1. The van der Waals surface area contributed by atoms with E-state index in [1.165, 1.54) is 11.1 Å². The molecule has 148 valence electrons. The van der Waals surface area contributed by atoms with Crippen LogP contribution in [0.15, 0.2) is 30.5 Å². The molecule has 0 bridgehead atoms. The summed E-state index contributed by atoms with van der Waals surface area (Å²) in [5.41, 5.74) is 4.07. The van der Waals surface area contributed by atoms with Crippen molar-refractivity contribution in [2.75, 3.05) is 13.1 Å². The van der Waals surface area contributed by atoms with Crippen LogP contribution in [-0.4, -0.2) is 39.1 Å². The summed E-state index contributed by atoms with van der Waals surface area (Å²) < 4.78 is 0. The fourth-order valence-electron chi connectivity index (χ4n) is 4.47. The van der Waals surface area contributed by atoms with Crippen LogP contribution in [0, 0.1) is 12.3 Å².